The molecule has 0 saturated carbocycles. The molecule has 0 spiro atoms. The summed E-state index contributed by atoms with van der Waals surface area (Å²) >= 11 is 0. The van der Waals surface area contributed by atoms with E-state index in [9.17, 15) is 9.59 Å². The number of methoxy groups -OCH3 is 3. The van der Waals surface area contributed by atoms with E-state index in [2.05, 4.69) is 10.3 Å². The number of anilines is 1. The third-order valence-electron chi connectivity index (χ3n) is 5.81. The number of nitrogens with zero attached hydrogens (tertiary/aromatic N) is 1. The molecule has 0 bridgehead atoms. The molecule has 2 N–H and O–H groups in total. The molecule has 2 amide bonds. The third-order valence-corrected chi connectivity index (χ3v) is 5.81. The summed E-state index contributed by atoms with van der Waals surface area (Å²) in [5.41, 5.74) is 2.16. The first kappa shape index (κ1) is 21.5. The van der Waals surface area contributed by atoms with Gasteiger partial charge in [-0.15, -0.1) is 0 Å². The Balaban J connectivity index is 1.47. The highest BCUT2D eigenvalue weighted by Crippen LogP contribution is 2.40. The number of benzene rings is 2. The molecule has 8 heteroatoms. The number of nitrogens with one attached hydrogen (secondary N) is 2. The normalized spacial score (nSPS) is 16.0. The quantitative estimate of drug-likeness (QED) is 0.614. The van der Waals surface area contributed by atoms with Gasteiger partial charge in [-0.25, -0.2) is 0 Å². The molecule has 0 aliphatic carbocycles. The van der Waals surface area contributed by atoms with E-state index in [0.717, 1.165) is 23.7 Å². The first-order valence-corrected chi connectivity index (χ1v) is 10.5. The number of aromatic amines is 1. The maximum atomic E-state index is 13.1. The molecule has 1 fully saturated rings. The standard InChI is InChI=1S/C24H27N3O5/c1-30-20-12-18(13-21(31-2)22(20)32-3)26-23(28)17-5-4-10-27(14-17)24(29)16-6-7-19-15(11-16)8-9-25-19/h6-9,11-13,17,25H,4-5,10,14H2,1-3H3,(H,26,28). The molecule has 1 saturated heterocycles. The van der Waals surface area contributed by atoms with Crippen LogP contribution >= 0.6 is 0 Å². The van der Waals surface area contributed by atoms with Crippen LogP contribution in [-0.4, -0.2) is 56.1 Å². The maximum Gasteiger partial charge on any atom is 0.253 e. The Morgan fingerprint density at radius 1 is 1.03 bits per heavy atom. The van der Waals surface area contributed by atoms with Crippen molar-refractivity contribution in [3.05, 3.63) is 48.2 Å². The maximum absolute atomic E-state index is 13.1. The Morgan fingerprint density at radius 3 is 2.47 bits per heavy atom. The molecule has 1 aliphatic rings. The SMILES string of the molecule is COc1cc(NC(=O)C2CCCN(C(=O)c3ccc4[nH]ccc4c3)C2)cc(OC)c1OC. The molecule has 168 valence electrons. The van der Waals surface area contributed by atoms with Gasteiger partial charge in [0.2, 0.25) is 11.7 Å². The first-order chi connectivity index (χ1) is 15.5. The van der Waals surface area contributed by atoms with Crippen molar-refractivity contribution in [1.82, 2.24) is 9.88 Å². The van der Waals surface area contributed by atoms with Gasteiger partial charge >= 0.3 is 0 Å². The fourth-order valence-corrected chi connectivity index (χ4v) is 4.14. The predicted molar refractivity (Wildman–Crippen MR) is 122 cm³/mol. The summed E-state index contributed by atoms with van der Waals surface area (Å²) in [7, 11) is 4.58. The number of likely N-dealkylation sites (tertiary alicyclic amines) is 1. The van der Waals surface area contributed by atoms with Crippen molar-refractivity contribution in [2.24, 2.45) is 5.92 Å². The van der Waals surface area contributed by atoms with E-state index >= 15 is 0 Å². The van der Waals surface area contributed by atoms with Crippen LogP contribution < -0.4 is 19.5 Å². The Labute approximate surface area is 186 Å². The summed E-state index contributed by atoms with van der Waals surface area (Å²) < 4.78 is 16.0. The molecule has 0 radical (unpaired) electrons. The van der Waals surface area contributed by atoms with Gasteiger partial charge in [0, 0.05) is 53.6 Å². The first-order valence-electron chi connectivity index (χ1n) is 10.5. The predicted octanol–water partition coefficient (Wildman–Crippen LogP) is 3.68. The van der Waals surface area contributed by atoms with Gasteiger partial charge in [0.15, 0.2) is 11.5 Å². The molecular formula is C24H27N3O5. The second-order valence-electron chi connectivity index (χ2n) is 7.77. The van der Waals surface area contributed by atoms with Crippen LogP contribution in [0.5, 0.6) is 17.2 Å². The van der Waals surface area contributed by atoms with Gasteiger partial charge in [-0.3, -0.25) is 9.59 Å². The number of hydrogen-bond donors (Lipinski definition) is 2. The van der Waals surface area contributed by atoms with Gasteiger partial charge in [0.05, 0.1) is 27.2 Å². The van der Waals surface area contributed by atoms with Crippen LogP contribution in [0.2, 0.25) is 0 Å². The Hall–Kier alpha value is -3.68. The van der Waals surface area contributed by atoms with Crippen molar-refractivity contribution in [3.63, 3.8) is 0 Å². The smallest absolute Gasteiger partial charge is 0.253 e. The summed E-state index contributed by atoms with van der Waals surface area (Å²) in [5, 5.41) is 3.93. The largest absolute Gasteiger partial charge is 0.493 e. The summed E-state index contributed by atoms with van der Waals surface area (Å²) in [4.78, 5) is 31.0. The zero-order valence-corrected chi connectivity index (χ0v) is 18.4. The number of amides is 2. The summed E-state index contributed by atoms with van der Waals surface area (Å²) in [6.07, 6.45) is 3.34. The molecule has 4 rings (SSSR count). The van der Waals surface area contributed by atoms with Crippen molar-refractivity contribution in [1.29, 1.82) is 0 Å². The van der Waals surface area contributed by atoms with E-state index in [1.54, 1.807) is 17.0 Å². The minimum absolute atomic E-state index is 0.0571. The molecule has 32 heavy (non-hydrogen) atoms. The summed E-state index contributed by atoms with van der Waals surface area (Å²) in [6.45, 7) is 1.01. The van der Waals surface area contributed by atoms with Crippen LogP contribution in [0.3, 0.4) is 0 Å². The lowest BCUT2D eigenvalue weighted by atomic mass is 9.96. The number of piperidine rings is 1. The van der Waals surface area contributed by atoms with E-state index in [1.165, 1.54) is 21.3 Å². The average molecular weight is 437 g/mol. The lowest BCUT2D eigenvalue weighted by Gasteiger charge is -2.32. The van der Waals surface area contributed by atoms with Crippen LogP contribution in [0.4, 0.5) is 5.69 Å². The number of H-pyrrole nitrogens is 1. The second kappa shape index (κ2) is 9.21. The molecule has 1 aliphatic heterocycles. The number of hydrogen-bond acceptors (Lipinski definition) is 5. The van der Waals surface area contributed by atoms with Gasteiger partial charge in [-0.05, 0) is 37.1 Å². The fraction of sp³-hybridized carbons (Fsp3) is 0.333. The number of carbonyl (C=O) groups excluding carboxylic acids is 2. The molecule has 8 nitrogen and oxygen atoms in total. The highest BCUT2D eigenvalue weighted by Gasteiger charge is 2.29. The van der Waals surface area contributed by atoms with Crippen molar-refractivity contribution in [2.75, 3.05) is 39.7 Å². The topological polar surface area (TPSA) is 92.9 Å². The van der Waals surface area contributed by atoms with Crippen molar-refractivity contribution in [3.8, 4) is 17.2 Å². The molecule has 1 atom stereocenters. The Morgan fingerprint density at radius 2 is 1.78 bits per heavy atom. The molecule has 2 aromatic carbocycles. The van der Waals surface area contributed by atoms with Gasteiger partial charge in [-0.1, -0.05) is 0 Å². The highest BCUT2D eigenvalue weighted by atomic mass is 16.5. The van der Waals surface area contributed by atoms with E-state index in [0.29, 0.717) is 41.6 Å². The lowest BCUT2D eigenvalue weighted by Crippen LogP contribution is -2.43. The second-order valence-corrected chi connectivity index (χ2v) is 7.77. The molecule has 1 unspecified atom stereocenters. The highest BCUT2D eigenvalue weighted by molar-refractivity contribution is 5.99. The van der Waals surface area contributed by atoms with Crippen LogP contribution in [-0.2, 0) is 4.79 Å². The minimum atomic E-state index is -0.303. The van der Waals surface area contributed by atoms with E-state index in [-0.39, 0.29) is 17.7 Å². The Kier molecular flexibility index (Phi) is 6.20. The van der Waals surface area contributed by atoms with Crippen LogP contribution in [0, 0.1) is 5.92 Å². The van der Waals surface area contributed by atoms with Crippen molar-refractivity contribution in [2.45, 2.75) is 12.8 Å². The lowest BCUT2D eigenvalue weighted by molar-refractivity contribution is -0.121. The van der Waals surface area contributed by atoms with E-state index in [1.807, 2.05) is 30.5 Å². The number of aromatic nitrogens is 1. The van der Waals surface area contributed by atoms with Crippen molar-refractivity contribution < 1.29 is 23.8 Å². The van der Waals surface area contributed by atoms with E-state index < -0.39 is 0 Å². The monoisotopic (exact) mass is 437 g/mol. The summed E-state index contributed by atoms with van der Waals surface area (Å²) in [6, 6.07) is 10.9. The average Bonchev–Trinajstić information content (AvgIpc) is 3.30. The van der Waals surface area contributed by atoms with E-state index in [4.69, 9.17) is 14.2 Å². The van der Waals surface area contributed by atoms with Gasteiger partial charge in [-0.2, -0.15) is 0 Å². The third kappa shape index (κ3) is 4.21. The minimum Gasteiger partial charge on any atom is -0.493 e. The molecule has 3 aromatic rings. The van der Waals surface area contributed by atoms with Crippen LogP contribution in [0.1, 0.15) is 23.2 Å². The Bertz CT molecular complexity index is 1110. The van der Waals surface area contributed by atoms with Gasteiger partial charge in [0.1, 0.15) is 0 Å². The van der Waals surface area contributed by atoms with Gasteiger partial charge < -0.3 is 29.4 Å². The van der Waals surface area contributed by atoms with Crippen molar-refractivity contribution >= 4 is 28.4 Å². The zero-order chi connectivity index (χ0) is 22.7. The number of fused-ring (bicyclic) bond motifs is 1. The zero-order valence-electron chi connectivity index (χ0n) is 18.4. The van der Waals surface area contributed by atoms with Crippen LogP contribution in [0.25, 0.3) is 10.9 Å². The number of carbonyl (C=O) groups is 2. The molecule has 1 aromatic heterocycles. The fourth-order valence-electron chi connectivity index (χ4n) is 4.14. The number of ether oxygens (including phenoxy) is 3. The number of rotatable bonds is 6. The van der Waals surface area contributed by atoms with Gasteiger partial charge in [0.25, 0.3) is 5.91 Å². The van der Waals surface area contributed by atoms with Crippen LogP contribution in [0.15, 0.2) is 42.6 Å². The molecule has 2 heterocycles. The summed E-state index contributed by atoms with van der Waals surface area (Å²) in [5.74, 6) is 0.881. The molecular weight excluding hydrogens is 410 g/mol.